The third-order valence-corrected chi connectivity index (χ3v) is 3.15. The van der Waals surface area contributed by atoms with Gasteiger partial charge in [0.25, 0.3) is 0 Å². The Morgan fingerprint density at radius 1 is 1.10 bits per heavy atom. The zero-order chi connectivity index (χ0) is 15.6. The standard InChI is InChI=1S/C15H12ClF3O2/c1-9(20)10-6-7-14(12(16)8-10)21-13-5-3-2-4-11(13)15(17,18)19/h2-9,20H,1H3/t9-/m1/s1. The summed E-state index contributed by atoms with van der Waals surface area (Å²) in [7, 11) is 0. The topological polar surface area (TPSA) is 29.5 Å². The van der Waals surface area contributed by atoms with E-state index in [0.717, 1.165) is 6.07 Å². The summed E-state index contributed by atoms with van der Waals surface area (Å²) >= 11 is 5.97. The number of alkyl halides is 3. The van der Waals surface area contributed by atoms with E-state index in [4.69, 9.17) is 16.3 Å². The Kier molecular flexibility index (Phi) is 4.44. The van der Waals surface area contributed by atoms with Crippen molar-refractivity contribution in [1.29, 1.82) is 0 Å². The molecule has 2 aromatic carbocycles. The van der Waals surface area contributed by atoms with E-state index in [0.29, 0.717) is 5.56 Å². The van der Waals surface area contributed by atoms with Crippen molar-refractivity contribution in [1.82, 2.24) is 0 Å². The molecule has 0 aliphatic carbocycles. The van der Waals surface area contributed by atoms with Gasteiger partial charge in [-0.05, 0) is 36.8 Å². The van der Waals surface area contributed by atoms with Crippen LogP contribution in [-0.2, 0) is 6.18 Å². The van der Waals surface area contributed by atoms with Crippen LogP contribution >= 0.6 is 11.6 Å². The van der Waals surface area contributed by atoms with Crippen LogP contribution in [0.1, 0.15) is 24.2 Å². The Morgan fingerprint density at radius 3 is 2.33 bits per heavy atom. The number of rotatable bonds is 3. The minimum atomic E-state index is -4.51. The molecule has 112 valence electrons. The minimum Gasteiger partial charge on any atom is -0.455 e. The minimum absolute atomic E-state index is 0.0952. The summed E-state index contributed by atoms with van der Waals surface area (Å²) in [5, 5.41) is 9.56. The molecule has 1 N–H and O–H groups in total. The highest BCUT2D eigenvalue weighted by Gasteiger charge is 2.34. The first-order valence-corrected chi connectivity index (χ1v) is 6.48. The third kappa shape index (κ3) is 3.68. The average Bonchev–Trinajstić information content (AvgIpc) is 2.40. The van der Waals surface area contributed by atoms with Crippen LogP contribution in [0.2, 0.25) is 5.02 Å². The quantitative estimate of drug-likeness (QED) is 0.843. The first kappa shape index (κ1) is 15.7. The van der Waals surface area contributed by atoms with Crippen molar-refractivity contribution < 1.29 is 23.0 Å². The molecule has 6 heteroatoms. The third-order valence-electron chi connectivity index (χ3n) is 2.85. The lowest BCUT2D eigenvalue weighted by Gasteiger charge is -2.15. The molecule has 0 aliphatic heterocycles. The molecule has 2 rings (SSSR count). The highest BCUT2D eigenvalue weighted by molar-refractivity contribution is 6.32. The van der Waals surface area contributed by atoms with Crippen molar-refractivity contribution in [3.05, 3.63) is 58.6 Å². The molecular weight excluding hydrogens is 305 g/mol. The summed E-state index contributed by atoms with van der Waals surface area (Å²) in [5.41, 5.74) is -0.322. The zero-order valence-corrected chi connectivity index (χ0v) is 11.7. The van der Waals surface area contributed by atoms with Gasteiger partial charge >= 0.3 is 6.18 Å². The smallest absolute Gasteiger partial charge is 0.419 e. The van der Waals surface area contributed by atoms with Gasteiger partial charge in [-0.3, -0.25) is 0 Å². The number of aliphatic hydroxyl groups is 1. The lowest BCUT2D eigenvalue weighted by molar-refractivity contribution is -0.138. The first-order valence-electron chi connectivity index (χ1n) is 6.10. The fourth-order valence-electron chi connectivity index (χ4n) is 1.77. The van der Waals surface area contributed by atoms with Gasteiger partial charge in [0.05, 0.1) is 16.7 Å². The van der Waals surface area contributed by atoms with Crippen molar-refractivity contribution in [3.63, 3.8) is 0 Å². The number of halogens is 4. The highest BCUT2D eigenvalue weighted by atomic mass is 35.5. The van der Waals surface area contributed by atoms with Crippen LogP contribution in [0, 0.1) is 0 Å². The molecule has 0 aromatic heterocycles. The predicted octanol–water partition coefficient (Wildman–Crippen LogP) is 5.20. The summed E-state index contributed by atoms with van der Waals surface area (Å²) in [6.45, 7) is 1.56. The molecule has 0 fully saturated rings. The molecule has 1 atom stereocenters. The van der Waals surface area contributed by atoms with Crippen molar-refractivity contribution in [2.45, 2.75) is 19.2 Å². The van der Waals surface area contributed by atoms with Gasteiger partial charge in [0.15, 0.2) is 0 Å². The summed E-state index contributed by atoms with van der Waals surface area (Å²) in [5.74, 6) is -0.227. The molecule has 21 heavy (non-hydrogen) atoms. The number of para-hydroxylation sites is 1. The Labute approximate surface area is 124 Å². The van der Waals surface area contributed by atoms with Gasteiger partial charge in [0, 0.05) is 0 Å². The maximum absolute atomic E-state index is 12.9. The van der Waals surface area contributed by atoms with Crippen LogP contribution in [0.4, 0.5) is 13.2 Å². The molecular formula is C15H12ClF3O2. The monoisotopic (exact) mass is 316 g/mol. The molecule has 2 aromatic rings. The number of aliphatic hydroxyl groups excluding tert-OH is 1. The number of hydrogen-bond donors (Lipinski definition) is 1. The van der Waals surface area contributed by atoms with E-state index < -0.39 is 17.8 Å². The number of ether oxygens (including phenoxy) is 1. The van der Waals surface area contributed by atoms with Crippen molar-refractivity contribution in [2.24, 2.45) is 0 Å². The van der Waals surface area contributed by atoms with Crippen LogP contribution in [-0.4, -0.2) is 5.11 Å². The predicted molar refractivity (Wildman–Crippen MR) is 73.6 cm³/mol. The van der Waals surface area contributed by atoms with Gasteiger partial charge in [-0.1, -0.05) is 29.8 Å². The van der Waals surface area contributed by atoms with Crippen LogP contribution in [0.5, 0.6) is 11.5 Å². The van der Waals surface area contributed by atoms with Gasteiger partial charge in [-0.15, -0.1) is 0 Å². The molecule has 0 saturated carbocycles. The zero-order valence-electron chi connectivity index (χ0n) is 11.0. The number of hydrogen-bond acceptors (Lipinski definition) is 2. The fraction of sp³-hybridized carbons (Fsp3) is 0.200. The van der Waals surface area contributed by atoms with Gasteiger partial charge in [0.1, 0.15) is 11.5 Å². The fourth-order valence-corrected chi connectivity index (χ4v) is 2.00. The second-order valence-electron chi connectivity index (χ2n) is 4.46. The Balaban J connectivity index is 2.35. The van der Waals surface area contributed by atoms with E-state index in [1.165, 1.54) is 30.3 Å². The molecule has 0 saturated heterocycles. The van der Waals surface area contributed by atoms with Crippen LogP contribution in [0.25, 0.3) is 0 Å². The van der Waals surface area contributed by atoms with Crippen molar-refractivity contribution in [3.8, 4) is 11.5 Å². The summed E-state index contributed by atoms with van der Waals surface area (Å²) in [4.78, 5) is 0. The van der Waals surface area contributed by atoms with Crippen LogP contribution < -0.4 is 4.74 Å². The molecule has 2 nitrogen and oxygen atoms in total. The van der Waals surface area contributed by atoms with E-state index >= 15 is 0 Å². The molecule has 0 aliphatic rings. The Bertz CT molecular complexity index is 639. The van der Waals surface area contributed by atoms with E-state index in [2.05, 4.69) is 0 Å². The molecule has 0 unspecified atom stereocenters. The average molecular weight is 317 g/mol. The second kappa shape index (κ2) is 5.95. The van der Waals surface area contributed by atoms with E-state index in [1.807, 2.05) is 0 Å². The molecule has 0 heterocycles. The van der Waals surface area contributed by atoms with Gasteiger partial charge in [-0.25, -0.2) is 0 Å². The largest absolute Gasteiger partial charge is 0.455 e. The lowest BCUT2D eigenvalue weighted by Crippen LogP contribution is -2.06. The van der Waals surface area contributed by atoms with Gasteiger partial charge in [0.2, 0.25) is 0 Å². The van der Waals surface area contributed by atoms with Crippen molar-refractivity contribution in [2.75, 3.05) is 0 Å². The maximum atomic E-state index is 12.9. The lowest BCUT2D eigenvalue weighted by atomic mass is 10.1. The van der Waals surface area contributed by atoms with Crippen LogP contribution in [0.3, 0.4) is 0 Å². The van der Waals surface area contributed by atoms with E-state index in [9.17, 15) is 18.3 Å². The molecule has 0 bridgehead atoms. The molecule has 0 amide bonds. The highest BCUT2D eigenvalue weighted by Crippen LogP contribution is 2.39. The summed E-state index contributed by atoms with van der Waals surface area (Å²) in [6, 6.07) is 9.32. The SMILES string of the molecule is C[C@@H](O)c1ccc(Oc2ccccc2C(F)(F)F)c(Cl)c1. The van der Waals surface area contributed by atoms with E-state index in [-0.39, 0.29) is 16.5 Å². The summed E-state index contributed by atoms with van der Waals surface area (Å²) in [6.07, 6.45) is -5.23. The number of benzene rings is 2. The Hall–Kier alpha value is -1.72. The second-order valence-corrected chi connectivity index (χ2v) is 4.87. The molecule has 0 spiro atoms. The molecule has 0 radical (unpaired) electrons. The van der Waals surface area contributed by atoms with Gasteiger partial charge < -0.3 is 9.84 Å². The van der Waals surface area contributed by atoms with E-state index in [1.54, 1.807) is 13.0 Å². The summed E-state index contributed by atoms with van der Waals surface area (Å²) < 4.78 is 43.9. The first-order chi connectivity index (χ1) is 9.79. The van der Waals surface area contributed by atoms with Crippen molar-refractivity contribution >= 4 is 11.6 Å². The normalized spacial score (nSPS) is 13.0. The maximum Gasteiger partial charge on any atom is 0.419 e. The Morgan fingerprint density at radius 2 is 1.76 bits per heavy atom. The van der Waals surface area contributed by atoms with Gasteiger partial charge in [-0.2, -0.15) is 13.2 Å². The van der Waals surface area contributed by atoms with Crippen LogP contribution in [0.15, 0.2) is 42.5 Å².